The number of hydrogen-bond acceptors (Lipinski definition) is 5. The minimum Gasteiger partial charge on any atom is -0.425 e. The molecular weight excluding hydrogens is 863 g/mol. The molecule has 3 aromatic carbocycles. The van der Waals surface area contributed by atoms with E-state index < -0.39 is 27.4 Å². The van der Waals surface area contributed by atoms with Crippen LogP contribution in [0, 0.1) is 22.7 Å². The molecule has 3 heterocycles. The van der Waals surface area contributed by atoms with Crippen molar-refractivity contribution in [3.05, 3.63) is 146 Å². The maximum absolute atomic E-state index is 11.2. The van der Waals surface area contributed by atoms with E-state index in [1.165, 1.54) is 29.8 Å². The van der Waals surface area contributed by atoms with Crippen LogP contribution in [0.1, 0.15) is 13.8 Å². The minimum atomic E-state index is -11.2. The summed E-state index contributed by atoms with van der Waals surface area (Å²) in [5.74, 6) is 0. The molecule has 0 amide bonds. The van der Waals surface area contributed by atoms with Crippen molar-refractivity contribution in [1.29, 1.82) is 10.5 Å². The van der Waals surface area contributed by atoms with Gasteiger partial charge in [0.05, 0.1) is 12.1 Å². The first kappa shape index (κ1) is 42.8. The smallest absolute Gasteiger partial charge is 0.425 e. The summed E-state index contributed by atoms with van der Waals surface area (Å²) in [5.41, 5.74) is 0. The summed E-state index contributed by atoms with van der Waals surface area (Å²) in [6, 6.07) is 41.5. The number of hydrogen-bond donors (Lipinski definition) is 0. The maximum atomic E-state index is 9.93. The van der Waals surface area contributed by atoms with Gasteiger partial charge in [0.2, 0.25) is 0 Å². The molecule has 49 heavy (non-hydrogen) atoms. The molecule has 6 rings (SSSR count). The molecule has 0 spiro atoms. The van der Waals surface area contributed by atoms with Crippen molar-refractivity contribution in [3.8, 4) is 12.1 Å². The van der Waals surface area contributed by atoms with Gasteiger partial charge in [-0.1, -0.05) is 91.0 Å². The number of rotatable bonds is 6. The molecule has 6 aromatic rings. The van der Waals surface area contributed by atoms with Crippen molar-refractivity contribution >= 4 is 50.4 Å². The third kappa shape index (κ3) is 18.2. The largest absolute Gasteiger partial charge is 2.00 e. The van der Waals surface area contributed by atoms with Gasteiger partial charge in [-0.05, 0) is 60.6 Å². The average Bonchev–Trinajstić information content (AvgIpc) is 3.85. The van der Waals surface area contributed by atoms with E-state index in [9.17, 15) is 16.9 Å². The Hall–Kier alpha value is -4.21. The fraction of sp³-hybridized carbons (Fsp3) is 0.0645. The van der Waals surface area contributed by atoms with Gasteiger partial charge in [0.1, 0.15) is 0 Å². The van der Waals surface area contributed by atoms with Gasteiger partial charge in [0.25, 0.3) is 7.12 Å². The average molecular weight is 893 g/mol. The van der Waals surface area contributed by atoms with E-state index in [1.807, 2.05) is 36.8 Å². The number of nitriles is 2. The third-order valence-corrected chi connectivity index (χ3v) is 7.77. The van der Waals surface area contributed by atoms with E-state index in [0.29, 0.717) is 0 Å². The summed E-state index contributed by atoms with van der Waals surface area (Å²) in [4.78, 5) is 0. The van der Waals surface area contributed by atoms with Gasteiger partial charge in [-0.25, -0.2) is 15.3 Å². The van der Waals surface area contributed by atoms with Crippen molar-refractivity contribution in [2.24, 2.45) is 0 Å². The van der Waals surface area contributed by atoms with Crippen LogP contribution in [0.15, 0.2) is 146 Å². The molecule has 257 valence electrons. The summed E-state index contributed by atoms with van der Waals surface area (Å²) in [6.45, 7) is 2.86. The van der Waals surface area contributed by atoms with Crippen molar-refractivity contribution in [1.82, 2.24) is 29.1 Å². The van der Waals surface area contributed by atoms with Gasteiger partial charge in [-0.3, -0.25) is 0 Å². The quantitative estimate of drug-likeness (QED) is 0.104. The second-order valence-electron chi connectivity index (χ2n) is 9.05. The molecule has 0 aliphatic carbocycles. The molecule has 1 radical (unpaired) electrons. The molecule has 3 aromatic heterocycles. The van der Waals surface area contributed by atoms with Gasteiger partial charge in [-0.2, -0.15) is 10.5 Å². The van der Waals surface area contributed by atoms with E-state index in [0.717, 1.165) is 0 Å². The number of benzene rings is 3. The van der Waals surface area contributed by atoms with E-state index in [-0.39, 0.29) is 26.6 Å². The van der Waals surface area contributed by atoms with Crippen LogP contribution in [0.3, 0.4) is 0 Å². The second-order valence-corrected chi connectivity index (χ2v) is 16.7. The molecule has 0 saturated carbocycles. The Kier molecular flexibility index (Phi) is 17.2. The Labute approximate surface area is 297 Å². The molecule has 0 atom stereocenters. The van der Waals surface area contributed by atoms with Crippen LogP contribution in [0.25, 0.3) is 0 Å². The van der Waals surface area contributed by atoms with Gasteiger partial charge in [0, 0.05) is 32.4 Å². The fourth-order valence-electron chi connectivity index (χ4n) is 3.79. The van der Waals surface area contributed by atoms with E-state index in [2.05, 4.69) is 106 Å². The van der Waals surface area contributed by atoms with Crippen LogP contribution < -0.4 is 15.9 Å². The fourth-order valence-corrected chi connectivity index (χ4v) is 6.10. The zero-order valence-electron chi connectivity index (χ0n) is 26.0. The van der Waals surface area contributed by atoms with Gasteiger partial charge >= 0.3 is 55.8 Å². The Balaban J connectivity index is 0.000000361. The first-order chi connectivity index (χ1) is 22.7. The predicted molar refractivity (Wildman–Crippen MR) is 179 cm³/mol. The Morgan fingerprint density at radius 3 is 0.939 bits per heavy atom. The van der Waals surface area contributed by atoms with Crippen LogP contribution in [0.2, 0.25) is 0 Å². The van der Waals surface area contributed by atoms with Crippen molar-refractivity contribution in [2.45, 2.75) is 13.8 Å². The standard InChI is InChI=1S/C18H15P.C9H9BN6.2C2H3N.6FH.Ru.Sb/c1-4-10-16(11-5-1)19(17-12-6-2-7-13-17)18-14-8-3-9-15-18;1-4-11-14(7-1)10(15-8-2-5-12-15)16-9-3-6-13-16;2*1-2-3;;;;;;;;/h1-15H;1-9H;2*1H3;6*1H;;/q;-1;;;;;;;;;+2;+5/p-6. The third-order valence-electron chi connectivity index (χ3n) is 5.33. The minimum absolute atomic E-state index is 0. The van der Waals surface area contributed by atoms with Crippen molar-refractivity contribution in [3.63, 3.8) is 0 Å². The summed E-state index contributed by atoms with van der Waals surface area (Å²) < 4.78 is 64.9. The number of halogens is 6. The van der Waals surface area contributed by atoms with Crippen LogP contribution >= 0.6 is 7.92 Å². The molecular formula is C31H30BF6N8PRuSb. The van der Waals surface area contributed by atoms with Gasteiger partial charge in [-0.15, -0.1) is 0 Å². The van der Waals surface area contributed by atoms with Crippen molar-refractivity contribution in [2.75, 3.05) is 0 Å². The molecule has 0 aliphatic rings. The SMILES string of the molecule is CC#N.CC#N.[F][Sb-]([F])([F])([F])([F])[F].[Ru+2].c1ccc(P(c2ccccc2)c2ccccc2)cc1.c1cnn([B-](n2cccn2)n2cccn2)c1. The second kappa shape index (κ2) is 19.7. The Morgan fingerprint density at radius 2 is 0.755 bits per heavy atom. The zero-order valence-corrected chi connectivity index (χ0v) is 31.2. The van der Waals surface area contributed by atoms with Crippen molar-refractivity contribution < 1.29 is 36.4 Å². The summed E-state index contributed by atoms with van der Waals surface area (Å²) in [5, 5.41) is 31.5. The van der Waals surface area contributed by atoms with Crippen LogP contribution in [-0.4, -0.2) is 55.7 Å². The molecule has 0 bridgehead atoms. The summed E-state index contributed by atoms with van der Waals surface area (Å²) in [7, 11) is -0.640. The van der Waals surface area contributed by atoms with E-state index in [4.69, 9.17) is 10.5 Å². The number of aromatic nitrogens is 6. The molecule has 0 saturated heterocycles. The summed E-state index contributed by atoms with van der Waals surface area (Å²) >= 11 is -11.2. The Morgan fingerprint density at radius 1 is 0.531 bits per heavy atom. The maximum Gasteiger partial charge on any atom is 2.00 e. The molecule has 0 aliphatic heterocycles. The number of nitrogens with zero attached hydrogens (tertiary/aromatic N) is 8. The van der Waals surface area contributed by atoms with Gasteiger partial charge in [0.15, 0.2) is 0 Å². The zero-order chi connectivity index (χ0) is 35.5. The molecule has 18 heteroatoms. The van der Waals surface area contributed by atoms with Crippen LogP contribution in [-0.2, 0) is 19.5 Å². The molecule has 0 fully saturated rings. The molecule has 0 N–H and O–H groups in total. The van der Waals surface area contributed by atoms with Crippen LogP contribution in [0.5, 0.6) is 0 Å². The van der Waals surface area contributed by atoms with E-state index >= 15 is 0 Å². The molecule has 8 nitrogen and oxygen atoms in total. The van der Waals surface area contributed by atoms with Gasteiger partial charge < -0.3 is 13.8 Å². The van der Waals surface area contributed by atoms with E-state index in [1.54, 1.807) is 44.5 Å². The summed E-state index contributed by atoms with van der Waals surface area (Å²) in [6.07, 6.45) is 10.9. The van der Waals surface area contributed by atoms with Crippen LogP contribution in [0.4, 0.5) is 16.9 Å². The first-order valence-corrected chi connectivity index (χ1v) is 20.9. The predicted octanol–water partition coefficient (Wildman–Crippen LogP) is 6.85. The monoisotopic (exact) mass is 893 g/mol. The topological polar surface area (TPSA) is 101 Å². The Bertz CT molecular complexity index is 1610. The molecule has 0 unspecified atom stereocenters. The first-order valence-electron chi connectivity index (χ1n) is 13.8. The normalized spacial score (nSPS) is 11.3.